The van der Waals surface area contributed by atoms with Crippen LogP contribution in [0.4, 0.5) is 8.78 Å². The molecule has 1 aliphatic rings. The van der Waals surface area contributed by atoms with Gasteiger partial charge in [-0.05, 0) is 86.1 Å². The summed E-state index contributed by atoms with van der Waals surface area (Å²) in [5, 5.41) is 0. The molecule has 0 unspecified atom stereocenters. The molecule has 0 spiro atoms. The lowest BCUT2D eigenvalue weighted by Gasteiger charge is -2.25. The van der Waals surface area contributed by atoms with Crippen molar-refractivity contribution in [3.8, 4) is 11.1 Å². The van der Waals surface area contributed by atoms with E-state index in [0.717, 1.165) is 17.9 Å². The molecule has 3 rings (SSSR count). The van der Waals surface area contributed by atoms with Crippen molar-refractivity contribution in [1.82, 2.24) is 0 Å². The average molecular weight is 355 g/mol. The first kappa shape index (κ1) is 19.1. The minimum absolute atomic E-state index is 0.0800. The van der Waals surface area contributed by atoms with Crippen LogP contribution in [0.3, 0.4) is 0 Å². The zero-order valence-electron chi connectivity index (χ0n) is 16.0. The van der Waals surface area contributed by atoms with E-state index in [1.54, 1.807) is 5.92 Å². The molecule has 26 heavy (non-hydrogen) atoms. The Bertz CT molecular complexity index is 686. The van der Waals surface area contributed by atoms with Crippen molar-refractivity contribution >= 4 is 0 Å². The van der Waals surface area contributed by atoms with E-state index in [-0.39, 0.29) is 5.56 Å². The Hall–Kier alpha value is -1.70. The van der Waals surface area contributed by atoms with Crippen LogP contribution in [0.25, 0.3) is 11.1 Å². The molecule has 0 atom stereocenters. The Labute approximate surface area is 156 Å². The summed E-state index contributed by atoms with van der Waals surface area (Å²) in [7, 11) is 0. The van der Waals surface area contributed by atoms with Crippen LogP contribution in [0, 0.1) is 30.4 Å². The first-order valence-electron chi connectivity index (χ1n) is 9.89. The zero-order valence-corrected chi connectivity index (χ0v) is 16.0. The molecule has 2 heteroatoms. The maximum absolute atomic E-state index is 13.7. The molecule has 0 nitrogen and oxygen atoms in total. The highest BCUT2D eigenvalue weighted by atomic mass is 19.1. The van der Waals surface area contributed by atoms with E-state index in [9.17, 15) is 8.78 Å². The van der Waals surface area contributed by atoms with Gasteiger partial charge in [-0.2, -0.15) is 0 Å². The van der Waals surface area contributed by atoms with Gasteiger partial charge in [0.15, 0.2) is 0 Å². The zero-order chi connectivity index (χ0) is 18.5. The van der Waals surface area contributed by atoms with Crippen LogP contribution in [-0.4, -0.2) is 0 Å². The van der Waals surface area contributed by atoms with Crippen LogP contribution >= 0.6 is 0 Å². The largest absolute Gasteiger partial charge is 0.207 e. The van der Waals surface area contributed by atoms with Crippen LogP contribution in [0.15, 0.2) is 36.4 Å². The smallest absolute Gasteiger partial charge is 0.129 e. The Kier molecular flexibility index (Phi) is 6.45. The SMILES string of the molecule is C[C]1CCC(CCCCc2ccc(-c3cc(F)c(C)c(F)c3)cc2)CC1. The van der Waals surface area contributed by atoms with E-state index in [4.69, 9.17) is 0 Å². The molecule has 1 aliphatic carbocycles. The number of hydrogen-bond acceptors (Lipinski definition) is 0. The van der Waals surface area contributed by atoms with Gasteiger partial charge in [0.2, 0.25) is 0 Å². The molecule has 0 saturated heterocycles. The Balaban J connectivity index is 1.49. The molecule has 0 bridgehead atoms. The molecule has 139 valence electrons. The minimum atomic E-state index is -0.486. The lowest BCUT2D eigenvalue weighted by molar-refractivity contribution is 0.347. The van der Waals surface area contributed by atoms with Crippen molar-refractivity contribution in [1.29, 1.82) is 0 Å². The second-order valence-electron chi connectivity index (χ2n) is 7.91. The predicted octanol–water partition coefficient (Wildman–Crippen LogP) is 7.44. The molecule has 2 aromatic rings. The van der Waals surface area contributed by atoms with Gasteiger partial charge in [-0.25, -0.2) is 8.78 Å². The number of hydrogen-bond donors (Lipinski definition) is 0. The quantitative estimate of drug-likeness (QED) is 0.472. The summed E-state index contributed by atoms with van der Waals surface area (Å²) < 4.78 is 27.5. The van der Waals surface area contributed by atoms with Gasteiger partial charge >= 0.3 is 0 Å². The number of aryl methyl sites for hydroxylation is 1. The summed E-state index contributed by atoms with van der Waals surface area (Å²) >= 11 is 0. The molecule has 0 aliphatic heterocycles. The third kappa shape index (κ3) is 4.93. The Morgan fingerprint density at radius 3 is 2.08 bits per heavy atom. The van der Waals surface area contributed by atoms with Gasteiger partial charge in [-0.1, -0.05) is 44.0 Å². The summed E-state index contributed by atoms with van der Waals surface area (Å²) in [4.78, 5) is 0. The molecule has 1 radical (unpaired) electrons. The fourth-order valence-electron chi connectivity index (χ4n) is 3.90. The lowest BCUT2D eigenvalue weighted by atomic mass is 9.80. The Morgan fingerprint density at radius 1 is 0.846 bits per heavy atom. The predicted molar refractivity (Wildman–Crippen MR) is 105 cm³/mol. The third-order valence-corrected chi connectivity index (χ3v) is 5.85. The average Bonchev–Trinajstić information content (AvgIpc) is 2.65. The molecular formula is C24H29F2. The van der Waals surface area contributed by atoms with Gasteiger partial charge in [0.25, 0.3) is 0 Å². The van der Waals surface area contributed by atoms with Crippen molar-refractivity contribution in [2.24, 2.45) is 5.92 Å². The Morgan fingerprint density at radius 2 is 1.46 bits per heavy atom. The van der Waals surface area contributed by atoms with Crippen molar-refractivity contribution in [2.75, 3.05) is 0 Å². The number of unbranched alkanes of at least 4 members (excludes halogenated alkanes) is 1. The number of halogens is 2. The molecule has 1 fully saturated rings. The first-order chi connectivity index (χ1) is 12.5. The highest BCUT2D eigenvalue weighted by Gasteiger charge is 2.17. The molecule has 0 heterocycles. The van der Waals surface area contributed by atoms with Gasteiger partial charge in [-0.3, -0.25) is 0 Å². The number of rotatable bonds is 6. The van der Waals surface area contributed by atoms with Crippen molar-refractivity contribution in [3.63, 3.8) is 0 Å². The van der Waals surface area contributed by atoms with Crippen molar-refractivity contribution in [2.45, 2.75) is 65.2 Å². The van der Waals surface area contributed by atoms with E-state index >= 15 is 0 Å². The standard InChI is InChI=1S/C24H29F2/c1-17-7-9-19(10-8-17)5-3-4-6-20-11-13-21(14-12-20)22-15-23(25)18(2)24(26)16-22/h11-16,19H,3-10H2,1-2H3. The fourth-order valence-corrected chi connectivity index (χ4v) is 3.90. The molecule has 0 amide bonds. The van der Waals surface area contributed by atoms with Crippen molar-refractivity contribution in [3.05, 3.63) is 65.1 Å². The molecule has 2 aromatic carbocycles. The van der Waals surface area contributed by atoms with E-state index < -0.39 is 11.6 Å². The second-order valence-corrected chi connectivity index (χ2v) is 7.91. The second kappa shape index (κ2) is 8.79. The van der Waals surface area contributed by atoms with Crippen LogP contribution in [0.5, 0.6) is 0 Å². The first-order valence-corrected chi connectivity index (χ1v) is 9.89. The third-order valence-electron chi connectivity index (χ3n) is 5.85. The summed E-state index contributed by atoms with van der Waals surface area (Å²) in [6.45, 7) is 3.75. The molecule has 0 aromatic heterocycles. The van der Waals surface area contributed by atoms with E-state index in [0.29, 0.717) is 5.56 Å². The highest BCUT2D eigenvalue weighted by molar-refractivity contribution is 5.64. The monoisotopic (exact) mass is 355 g/mol. The topological polar surface area (TPSA) is 0 Å². The van der Waals surface area contributed by atoms with Crippen molar-refractivity contribution < 1.29 is 8.78 Å². The van der Waals surface area contributed by atoms with Crippen LogP contribution in [0.2, 0.25) is 0 Å². The van der Waals surface area contributed by atoms with Crippen LogP contribution < -0.4 is 0 Å². The lowest BCUT2D eigenvalue weighted by Crippen LogP contribution is -2.10. The normalized spacial score (nSPS) is 16.2. The van der Waals surface area contributed by atoms with E-state index in [1.807, 2.05) is 12.1 Å². The molecule has 0 N–H and O–H groups in total. The minimum Gasteiger partial charge on any atom is -0.207 e. The summed E-state index contributed by atoms with van der Waals surface area (Å²) in [6, 6.07) is 10.9. The van der Waals surface area contributed by atoms with Gasteiger partial charge in [0.05, 0.1) is 0 Å². The highest BCUT2D eigenvalue weighted by Crippen LogP contribution is 2.32. The fraction of sp³-hybridized carbons (Fsp3) is 0.458. The van der Waals surface area contributed by atoms with E-state index in [1.165, 1.54) is 69.6 Å². The van der Waals surface area contributed by atoms with E-state index in [2.05, 4.69) is 19.1 Å². The maximum Gasteiger partial charge on any atom is 0.129 e. The molecule has 1 saturated carbocycles. The molecular weight excluding hydrogens is 326 g/mol. The maximum atomic E-state index is 13.7. The van der Waals surface area contributed by atoms with Gasteiger partial charge in [0.1, 0.15) is 11.6 Å². The summed E-state index contributed by atoms with van der Waals surface area (Å²) in [5.41, 5.74) is 2.84. The van der Waals surface area contributed by atoms with Gasteiger partial charge in [0, 0.05) is 5.56 Å². The van der Waals surface area contributed by atoms with Crippen LogP contribution in [0.1, 0.15) is 63.0 Å². The van der Waals surface area contributed by atoms with Gasteiger partial charge in [-0.15, -0.1) is 0 Å². The summed E-state index contributed by atoms with van der Waals surface area (Å²) in [6.07, 6.45) is 10.3. The van der Waals surface area contributed by atoms with Gasteiger partial charge < -0.3 is 0 Å². The number of benzene rings is 2. The van der Waals surface area contributed by atoms with Crippen LogP contribution in [-0.2, 0) is 6.42 Å². The summed E-state index contributed by atoms with van der Waals surface area (Å²) in [5.74, 6) is 1.63.